The van der Waals surface area contributed by atoms with Crippen LogP contribution in [0.1, 0.15) is 53.6 Å². The van der Waals surface area contributed by atoms with Crippen LogP contribution >= 0.6 is 11.6 Å². The van der Waals surface area contributed by atoms with Crippen molar-refractivity contribution in [2.45, 2.75) is 32.1 Å². The van der Waals surface area contributed by atoms with E-state index >= 15 is 0 Å². The Labute approximate surface area is 188 Å². The second-order valence-corrected chi connectivity index (χ2v) is 8.44. The summed E-state index contributed by atoms with van der Waals surface area (Å²) >= 11 is 6.14. The van der Waals surface area contributed by atoms with Gasteiger partial charge >= 0.3 is 0 Å². The molecule has 4 nitrogen and oxygen atoms in total. The molecule has 0 radical (unpaired) electrons. The zero-order chi connectivity index (χ0) is 21.6. The Hall–Kier alpha value is -2.87. The normalized spacial score (nSPS) is 14.2. The molecule has 2 aromatic carbocycles. The van der Waals surface area contributed by atoms with Crippen molar-refractivity contribution in [3.63, 3.8) is 0 Å². The number of nitrogen functional groups attached to an aromatic ring is 1. The summed E-state index contributed by atoms with van der Waals surface area (Å²) < 4.78 is 0. The molecule has 2 N–H and O–H groups in total. The summed E-state index contributed by atoms with van der Waals surface area (Å²) in [6, 6.07) is 13.1. The molecule has 0 bridgehead atoms. The first-order chi connectivity index (χ1) is 15.1. The summed E-state index contributed by atoms with van der Waals surface area (Å²) in [6.45, 7) is 3.36. The average molecular weight is 432 g/mol. The van der Waals surface area contributed by atoms with Crippen LogP contribution in [0.5, 0.6) is 0 Å². The molecule has 5 heteroatoms. The predicted molar refractivity (Wildman–Crippen MR) is 127 cm³/mol. The molecular formula is C26H26ClN3O. The standard InChI is InChI=1S/C26H26ClN3O/c27-22-12-11-21-18-29-26(28)23(24(21)17-22)13-8-19-6-9-20(10-7-19)25(31)5-4-16-30-14-2-1-3-15-30/h6-7,9-12,17-18H,1-5,14-16H2,(H2,28,29). The van der Waals surface area contributed by atoms with Crippen LogP contribution in [-0.4, -0.2) is 35.3 Å². The first-order valence-electron chi connectivity index (χ1n) is 10.8. The van der Waals surface area contributed by atoms with E-state index in [0.717, 1.165) is 34.9 Å². The number of halogens is 1. The zero-order valence-corrected chi connectivity index (χ0v) is 18.3. The van der Waals surface area contributed by atoms with E-state index < -0.39 is 0 Å². The highest BCUT2D eigenvalue weighted by atomic mass is 35.5. The third-order valence-electron chi connectivity index (χ3n) is 5.75. The van der Waals surface area contributed by atoms with E-state index in [9.17, 15) is 4.79 Å². The summed E-state index contributed by atoms with van der Waals surface area (Å²) in [5.41, 5.74) is 8.29. The maximum atomic E-state index is 12.5. The van der Waals surface area contributed by atoms with E-state index in [1.807, 2.05) is 42.5 Å². The number of benzene rings is 2. The summed E-state index contributed by atoms with van der Waals surface area (Å²) in [5, 5.41) is 2.45. The molecule has 1 saturated heterocycles. The van der Waals surface area contributed by atoms with Gasteiger partial charge in [-0.3, -0.25) is 4.79 Å². The Morgan fingerprint density at radius 3 is 2.61 bits per heavy atom. The summed E-state index contributed by atoms with van der Waals surface area (Å²) in [5.74, 6) is 6.83. The van der Waals surface area contributed by atoms with E-state index in [1.54, 1.807) is 6.20 Å². The van der Waals surface area contributed by atoms with E-state index in [4.69, 9.17) is 17.3 Å². The number of hydrogen-bond donors (Lipinski definition) is 1. The van der Waals surface area contributed by atoms with E-state index in [1.165, 1.54) is 32.4 Å². The van der Waals surface area contributed by atoms with Crippen LogP contribution in [0.4, 0.5) is 5.82 Å². The molecule has 3 aromatic rings. The monoisotopic (exact) mass is 431 g/mol. The summed E-state index contributed by atoms with van der Waals surface area (Å²) in [7, 11) is 0. The number of pyridine rings is 1. The van der Waals surface area contributed by atoms with Gasteiger partial charge in [0.1, 0.15) is 5.82 Å². The van der Waals surface area contributed by atoms with Crippen LogP contribution in [0.25, 0.3) is 10.8 Å². The number of likely N-dealkylation sites (tertiary alicyclic amines) is 1. The Bertz CT molecular complexity index is 1130. The third-order valence-corrected chi connectivity index (χ3v) is 5.98. The number of aromatic nitrogens is 1. The molecule has 0 unspecified atom stereocenters. The summed E-state index contributed by atoms with van der Waals surface area (Å²) in [6.07, 6.45) is 7.12. The SMILES string of the molecule is Nc1ncc2ccc(Cl)cc2c1C#Cc1ccc(C(=O)CCCN2CCCCC2)cc1. The molecule has 158 valence electrons. The van der Waals surface area contributed by atoms with Gasteiger partial charge in [-0.1, -0.05) is 48.1 Å². The van der Waals surface area contributed by atoms with Gasteiger partial charge in [-0.15, -0.1) is 0 Å². The molecule has 1 aliphatic rings. The van der Waals surface area contributed by atoms with Crippen molar-refractivity contribution >= 4 is 34.0 Å². The third kappa shape index (κ3) is 5.44. The van der Waals surface area contributed by atoms with E-state index in [2.05, 4.69) is 21.7 Å². The van der Waals surface area contributed by atoms with Gasteiger partial charge < -0.3 is 10.6 Å². The number of nitrogens with two attached hydrogens (primary N) is 1. The topological polar surface area (TPSA) is 59.2 Å². The fourth-order valence-corrected chi connectivity index (χ4v) is 4.17. The van der Waals surface area contributed by atoms with Crippen molar-refractivity contribution in [2.24, 2.45) is 0 Å². The van der Waals surface area contributed by atoms with Crippen LogP contribution in [0.15, 0.2) is 48.7 Å². The van der Waals surface area contributed by atoms with Crippen molar-refractivity contribution in [2.75, 3.05) is 25.4 Å². The molecule has 1 aromatic heterocycles. The average Bonchev–Trinajstić information content (AvgIpc) is 2.79. The van der Waals surface area contributed by atoms with Crippen LogP contribution in [0, 0.1) is 11.8 Å². The lowest BCUT2D eigenvalue weighted by atomic mass is 10.0. The molecule has 0 spiro atoms. The second kappa shape index (κ2) is 9.96. The number of anilines is 1. The summed E-state index contributed by atoms with van der Waals surface area (Å²) in [4.78, 5) is 19.2. The molecular weight excluding hydrogens is 406 g/mol. The quantitative estimate of drug-likeness (QED) is 0.438. The number of carbonyl (C=O) groups is 1. The van der Waals surface area contributed by atoms with Gasteiger partial charge in [0.25, 0.3) is 0 Å². The fraction of sp³-hybridized carbons (Fsp3) is 0.308. The van der Waals surface area contributed by atoms with Crippen molar-refractivity contribution in [1.29, 1.82) is 0 Å². The molecule has 4 rings (SSSR count). The highest BCUT2D eigenvalue weighted by molar-refractivity contribution is 6.31. The lowest BCUT2D eigenvalue weighted by Crippen LogP contribution is -2.30. The van der Waals surface area contributed by atoms with E-state index in [-0.39, 0.29) is 5.78 Å². The van der Waals surface area contributed by atoms with Crippen LogP contribution in [0.3, 0.4) is 0 Å². The Morgan fingerprint density at radius 1 is 1.06 bits per heavy atom. The number of piperidine rings is 1. The first-order valence-corrected chi connectivity index (χ1v) is 11.2. The molecule has 0 aliphatic carbocycles. The van der Waals surface area contributed by atoms with Gasteiger partial charge in [0.2, 0.25) is 0 Å². The molecule has 1 aliphatic heterocycles. The largest absolute Gasteiger partial charge is 0.383 e. The van der Waals surface area contributed by atoms with Gasteiger partial charge in [-0.25, -0.2) is 4.98 Å². The van der Waals surface area contributed by atoms with E-state index in [0.29, 0.717) is 22.8 Å². The number of nitrogens with zero attached hydrogens (tertiary/aromatic N) is 2. The zero-order valence-electron chi connectivity index (χ0n) is 17.5. The first kappa shape index (κ1) is 21.4. The minimum absolute atomic E-state index is 0.189. The van der Waals surface area contributed by atoms with Gasteiger partial charge in [-0.05, 0) is 63.2 Å². The number of ketones is 1. The van der Waals surface area contributed by atoms with Crippen molar-refractivity contribution in [3.8, 4) is 11.8 Å². The van der Waals surface area contributed by atoms with Gasteiger partial charge in [-0.2, -0.15) is 0 Å². The number of fused-ring (bicyclic) bond motifs is 1. The van der Waals surface area contributed by atoms with Crippen LogP contribution in [0.2, 0.25) is 5.02 Å². The highest BCUT2D eigenvalue weighted by Gasteiger charge is 2.11. The van der Waals surface area contributed by atoms with Crippen molar-refractivity contribution < 1.29 is 4.79 Å². The maximum absolute atomic E-state index is 12.5. The van der Waals surface area contributed by atoms with Crippen LogP contribution < -0.4 is 5.73 Å². The van der Waals surface area contributed by atoms with Gasteiger partial charge in [0, 0.05) is 39.5 Å². The maximum Gasteiger partial charge on any atom is 0.162 e. The Balaban J connectivity index is 1.42. The minimum Gasteiger partial charge on any atom is -0.383 e. The molecule has 0 amide bonds. The second-order valence-electron chi connectivity index (χ2n) is 8.01. The highest BCUT2D eigenvalue weighted by Crippen LogP contribution is 2.25. The number of carbonyl (C=O) groups excluding carboxylic acids is 1. The Kier molecular flexibility index (Phi) is 6.86. The lowest BCUT2D eigenvalue weighted by molar-refractivity contribution is 0.0973. The smallest absolute Gasteiger partial charge is 0.162 e. The molecule has 2 heterocycles. The van der Waals surface area contributed by atoms with Crippen molar-refractivity contribution in [1.82, 2.24) is 9.88 Å². The molecule has 0 atom stereocenters. The number of Topliss-reactive ketones (excluding diaryl/α,β-unsaturated/α-hetero) is 1. The molecule has 1 fully saturated rings. The number of hydrogen-bond acceptors (Lipinski definition) is 4. The van der Waals surface area contributed by atoms with Crippen LogP contribution in [-0.2, 0) is 0 Å². The van der Waals surface area contributed by atoms with Crippen molar-refractivity contribution in [3.05, 3.63) is 70.4 Å². The predicted octanol–water partition coefficient (Wildman–Crippen LogP) is 5.32. The Morgan fingerprint density at radius 2 is 1.84 bits per heavy atom. The van der Waals surface area contributed by atoms with Gasteiger partial charge in [0.15, 0.2) is 5.78 Å². The lowest BCUT2D eigenvalue weighted by Gasteiger charge is -2.26. The molecule has 31 heavy (non-hydrogen) atoms. The molecule has 0 saturated carbocycles. The van der Waals surface area contributed by atoms with Gasteiger partial charge in [0.05, 0.1) is 5.56 Å². The fourth-order valence-electron chi connectivity index (χ4n) is 4.00. The number of rotatable bonds is 5. The minimum atomic E-state index is 0.189.